The number of likely N-dealkylation sites (N-methyl/N-ethyl adjacent to an activating group) is 1. The molecule has 1 aliphatic heterocycles. The zero-order valence-corrected chi connectivity index (χ0v) is 15.1. The fourth-order valence-electron chi connectivity index (χ4n) is 2.89. The summed E-state index contributed by atoms with van der Waals surface area (Å²) in [4.78, 5) is 7.93. The van der Waals surface area contributed by atoms with Gasteiger partial charge in [-0.1, -0.05) is 0 Å². The topological polar surface area (TPSA) is 18.5 Å². The average Bonchev–Trinajstić information content (AvgIpc) is 2.96. The Balaban J connectivity index is 1.87. The molecule has 1 aliphatic rings. The lowest BCUT2D eigenvalue weighted by molar-refractivity contribution is 0.202. The molecule has 0 aliphatic carbocycles. The number of nitrogens with zero attached hydrogens (tertiary/aromatic N) is 2. The third kappa shape index (κ3) is 5.70. The van der Waals surface area contributed by atoms with Crippen LogP contribution in [0.5, 0.6) is 0 Å². The minimum absolute atomic E-state index is 0.190. The minimum Gasteiger partial charge on any atom is -0.308 e. The van der Waals surface area contributed by atoms with E-state index >= 15 is 0 Å². The van der Waals surface area contributed by atoms with E-state index in [1.165, 1.54) is 35.7 Å². The second kappa shape index (κ2) is 7.23. The van der Waals surface area contributed by atoms with Crippen LogP contribution in [-0.4, -0.2) is 48.6 Å². The Morgan fingerprint density at radius 2 is 2.00 bits per heavy atom. The van der Waals surface area contributed by atoms with E-state index in [1.807, 2.05) is 11.3 Å². The zero-order chi connectivity index (χ0) is 15.5. The Hall–Kier alpha value is -0.420. The summed E-state index contributed by atoms with van der Waals surface area (Å²) in [5.74, 6) is 0. The van der Waals surface area contributed by atoms with Crippen molar-refractivity contribution in [3.63, 3.8) is 0 Å². The average molecular weight is 310 g/mol. The summed E-state index contributed by atoms with van der Waals surface area (Å²) in [6.45, 7) is 11.2. The molecule has 1 saturated heterocycles. The summed E-state index contributed by atoms with van der Waals surface area (Å²) in [6, 6.07) is 5.34. The Morgan fingerprint density at radius 1 is 1.29 bits per heavy atom. The van der Waals surface area contributed by atoms with Crippen molar-refractivity contribution in [2.24, 2.45) is 0 Å². The van der Waals surface area contributed by atoms with E-state index in [0.717, 1.165) is 19.1 Å². The lowest BCUT2D eigenvalue weighted by Crippen LogP contribution is -2.36. The summed E-state index contributed by atoms with van der Waals surface area (Å²) < 4.78 is 0. The van der Waals surface area contributed by atoms with Crippen molar-refractivity contribution >= 4 is 11.3 Å². The highest BCUT2D eigenvalue weighted by Gasteiger charge is 2.25. The van der Waals surface area contributed by atoms with E-state index in [-0.39, 0.29) is 5.54 Å². The maximum Gasteiger partial charge on any atom is 0.0331 e. The molecule has 0 spiro atoms. The predicted molar refractivity (Wildman–Crippen MR) is 92.9 cm³/mol. The van der Waals surface area contributed by atoms with E-state index in [4.69, 9.17) is 0 Å². The highest BCUT2D eigenvalue weighted by Crippen LogP contribution is 2.24. The van der Waals surface area contributed by atoms with Crippen LogP contribution in [0.4, 0.5) is 0 Å². The first kappa shape index (κ1) is 16.9. The van der Waals surface area contributed by atoms with E-state index in [2.05, 4.69) is 62.1 Å². The third-order valence-electron chi connectivity index (χ3n) is 3.94. The fourth-order valence-corrected chi connectivity index (χ4v) is 3.87. The largest absolute Gasteiger partial charge is 0.308 e. The van der Waals surface area contributed by atoms with Crippen molar-refractivity contribution in [2.75, 3.05) is 27.2 Å². The molecule has 0 radical (unpaired) electrons. The molecular weight excluding hydrogens is 278 g/mol. The van der Waals surface area contributed by atoms with E-state index in [1.54, 1.807) is 0 Å². The molecule has 1 atom stereocenters. The quantitative estimate of drug-likeness (QED) is 0.871. The van der Waals surface area contributed by atoms with Gasteiger partial charge in [0.25, 0.3) is 0 Å². The van der Waals surface area contributed by atoms with Crippen LogP contribution < -0.4 is 5.32 Å². The van der Waals surface area contributed by atoms with Crippen molar-refractivity contribution in [1.29, 1.82) is 0 Å². The molecule has 4 heteroatoms. The normalized spacial score (nSPS) is 20.6. The van der Waals surface area contributed by atoms with E-state index in [0.29, 0.717) is 0 Å². The van der Waals surface area contributed by atoms with Crippen LogP contribution >= 0.6 is 11.3 Å². The van der Waals surface area contributed by atoms with Gasteiger partial charge in [-0.05, 0) is 66.4 Å². The van der Waals surface area contributed by atoms with Crippen LogP contribution in [0.2, 0.25) is 0 Å². The van der Waals surface area contributed by atoms with Gasteiger partial charge in [-0.25, -0.2) is 0 Å². The molecule has 1 aromatic rings. The highest BCUT2D eigenvalue weighted by atomic mass is 32.1. The number of nitrogens with one attached hydrogen (secondary N) is 1. The first-order chi connectivity index (χ1) is 9.83. The molecule has 0 saturated carbocycles. The minimum atomic E-state index is 0.190. The molecule has 2 rings (SSSR count). The molecule has 2 heterocycles. The second-order valence-electron chi connectivity index (χ2n) is 7.50. The molecule has 120 valence electrons. The molecule has 0 amide bonds. The van der Waals surface area contributed by atoms with E-state index in [9.17, 15) is 0 Å². The lowest BCUT2D eigenvalue weighted by Gasteiger charge is -2.26. The van der Waals surface area contributed by atoms with Crippen LogP contribution in [-0.2, 0) is 13.1 Å². The molecular formula is C17H31N3S. The molecule has 0 aromatic carbocycles. The maximum absolute atomic E-state index is 3.57. The molecule has 1 N–H and O–H groups in total. The SMILES string of the molecule is CN(C)CC1CCCN1Cc1ccc(CNC(C)(C)C)s1. The fraction of sp³-hybridized carbons (Fsp3) is 0.765. The zero-order valence-electron chi connectivity index (χ0n) is 14.3. The summed E-state index contributed by atoms with van der Waals surface area (Å²) in [7, 11) is 4.36. The van der Waals surface area contributed by atoms with Gasteiger partial charge < -0.3 is 10.2 Å². The molecule has 1 unspecified atom stereocenters. The number of rotatable bonds is 6. The summed E-state index contributed by atoms with van der Waals surface area (Å²) in [5.41, 5.74) is 0.190. The van der Waals surface area contributed by atoms with Crippen molar-refractivity contribution in [2.45, 2.75) is 58.3 Å². The molecule has 3 nitrogen and oxygen atoms in total. The monoisotopic (exact) mass is 309 g/mol. The van der Waals surface area contributed by atoms with Gasteiger partial charge in [0.1, 0.15) is 0 Å². The van der Waals surface area contributed by atoms with Crippen molar-refractivity contribution in [3.8, 4) is 0 Å². The summed E-state index contributed by atoms with van der Waals surface area (Å²) >= 11 is 1.96. The summed E-state index contributed by atoms with van der Waals surface area (Å²) in [5, 5.41) is 3.57. The number of thiophene rings is 1. The number of hydrogen-bond acceptors (Lipinski definition) is 4. The highest BCUT2D eigenvalue weighted by molar-refractivity contribution is 7.11. The molecule has 1 aromatic heterocycles. The smallest absolute Gasteiger partial charge is 0.0331 e. The van der Waals surface area contributed by atoms with Crippen LogP contribution in [0.15, 0.2) is 12.1 Å². The second-order valence-corrected chi connectivity index (χ2v) is 8.75. The molecule has 0 bridgehead atoms. The summed E-state index contributed by atoms with van der Waals surface area (Å²) in [6.07, 6.45) is 2.70. The predicted octanol–water partition coefficient (Wildman–Crippen LogP) is 3.16. The Bertz CT molecular complexity index is 433. The molecule has 21 heavy (non-hydrogen) atoms. The van der Waals surface area contributed by atoms with Gasteiger partial charge in [0.15, 0.2) is 0 Å². The van der Waals surface area contributed by atoms with Gasteiger partial charge in [0.2, 0.25) is 0 Å². The van der Waals surface area contributed by atoms with Crippen molar-refractivity contribution in [1.82, 2.24) is 15.1 Å². The van der Waals surface area contributed by atoms with Crippen molar-refractivity contribution in [3.05, 3.63) is 21.9 Å². The number of hydrogen-bond donors (Lipinski definition) is 1. The van der Waals surface area contributed by atoms with Crippen LogP contribution in [0, 0.1) is 0 Å². The first-order valence-corrected chi connectivity index (χ1v) is 8.86. The van der Waals surface area contributed by atoms with Crippen LogP contribution in [0.1, 0.15) is 43.4 Å². The van der Waals surface area contributed by atoms with Crippen LogP contribution in [0.3, 0.4) is 0 Å². The van der Waals surface area contributed by atoms with Gasteiger partial charge in [0, 0.05) is 41.0 Å². The van der Waals surface area contributed by atoms with E-state index < -0.39 is 0 Å². The van der Waals surface area contributed by atoms with Gasteiger partial charge in [-0.2, -0.15) is 0 Å². The first-order valence-electron chi connectivity index (χ1n) is 8.05. The number of likely N-dealkylation sites (tertiary alicyclic amines) is 1. The van der Waals surface area contributed by atoms with Gasteiger partial charge >= 0.3 is 0 Å². The van der Waals surface area contributed by atoms with Crippen LogP contribution in [0.25, 0.3) is 0 Å². The Morgan fingerprint density at radius 3 is 2.67 bits per heavy atom. The Labute approximate surface area is 134 Å². The Kier molecular flexibility index (Phi) is 5.83. The maximum atomic E-state index is 3.57. The third-order valence-corrected chi connectivity index (χ3v) is 5.01. The lowest BCUT2D eigenvalue weighted by atomic mass is 10.1. The standard InChI is InChI=1S/C17H31N3S/c1-17(2,3)18-11-15-8-9-16(21-15)13-20-10-6-7-14(20)12-19(4)5/h8-9,14,18H,6-7,10-13H2,1-5H3. The van der Waals surface area contributed by atoms with Gasteiger partial charge in [0.05, 0.1) is 0 Å². The van der Waals surface area contributed by atoms with Crippen molar-refractivity contribution < 1.29 is 0 Å². The van der Waals surface area contributed by atoms with Gasteiger partial charge in [-0.3, -0.25) is 4.90 Å². The van der Waals surface area contributed by atoms with Gasteiger partial charge in [-0.15, -0.1) is 11.3 Å². The molecule has 1 fully saturated rings.